The SMILES string of the molecule is C[C@@H]1C2=C(CC[C@@H]2CC(NC(=O)N2CCOCC2)c2ccc(F)cc2)Cc2c1cnn2-c1ccc(F)cc1. The van der Waals surface area contributed by atoms with Crippen LogP contribution in [0, 0.1) is 17.6 Å². The number of carbonyl (C=O) groups excluding carboxylic acids is 1. The van der Waals surface area contributed by atoms with Crippen molar-refractivity contribution >= 4 is 6.03 Å². The summed E-state index contributed by atoms with van der Waals surface area (Å²) >= 11 is 0. The average Bonchev–Trinajstić information content (AvgIpc) is 3.55. The van der Waals surface area contributed by atoms with Crippen LogP contribution in [0.4, 0.5) is 13.6 Å². The predicted octanol–water partition coefficient (Wildman–Crippen LogP) is 5.69. The molecule has 2 aromatic carbocycles. The van der Waals surface area contributed by atoms with Gasteiger partial charge in [0.25, 0.3) is 0 Å². The van der Waals surface area contributed by atoms with Crippen LogP contribution in [0.2, 0.25) is 0 Å². The van der Waals surface area contributed by atoms with Crippen molar-refractivity contribution in [2.24, 2.45) is 5.92 Å². The van der Waals surface area contributed by atoms with E-state index in [2.05, 4.69) is 17.3 Å². The minimum absolute atomic E-state index is 0.102. The maximum absolute atomic E-state index is 13.7. The fraction of sp³-hybridized carbons (Fsp3) is 0.400. The Morgan fingerprint density at radius 1 is 1.08 bits per heavy atom. The molecule has 198 valence electrons. The zero-order valence-electron chi connectivity index (χ0n) is 21.5. The minimum atomic E-state index is -0.288. The number of allylic oxidation sites excluding steroid dienone is 2. The first-order valence-electron chi connectivity index (χ1n) is 13.4. The number of hydrogen-bond acceptors (Lipinski definition) is 3. The van der Waals surface area contributed by atoms with Crippen LogP contribution in [0.1, 0.15) is 55.0 Å². The third kappa shape index (κ3) is 4.73. The Bertz CT molecular complexity index is 1340. The van der Waals surface area contributed by atoms with Crippen molar-refractivity contribution in [1.82, 2.24) is 20.0 Å². The Balaban J connectivity index is 1.25. The second-order valence-corrected chi connectivity index (χ2v) is 10.5. The smallest absolute Gasteiger partial charge is 0.318 e. The van der Waals surface area contributed by atoms with Crippen LogP contribution in [0.25, 0.3) is 5.69 Å². The summed E-state index contributed by atoms with van der Waals surface area (Å²) in [5.41, 5.74) is 7.03. The molecule has 6 rings (SSSR count). The third-order valence-electron chi connectivity index (χ3n) is 8.32. The fourth-order valence-corrected chi connectivity index (χ4v) is 6.40. The minimum Gasteiger partial charge on any atom is -0.378 e. The number of ether oxygens (including phenoxy) is 1. The molecule has 2 amide bonds. The van der Waals surface area contributed by atoms with Crippen molar-refractivity contribution in [2.45, 2.75) is 44.6 Å². The van der Waals surface area contributed by atoms with Gasteiger partial charge < -0.3 is 15.0 Å². The first kappa shape index (κ1) is 24.8. The molecular weight excluding hydrogens is 486 g/mol. The maximum Gasteiger partial charge on any atom is 0.318 e. The van der Waals surface area contributed by atoms with Gasteiger partial charge in [0.15, 0.2) is 0 Å². The standard InChI is InChI=1S/C30H32F2N4O2/c1-19-26-18-33-36(25-10-8-24(32)9-11-25)28(26)17-22-3-2-21(29(19)22)16-27(20-4-6-23(31)7-5-20)34-30(37)35-12-14-38-15-13-35/h4-11,18-19,21,27H,2-3,12-17H2,1H3,(H,34,37)/t19-,21+,27?/m0/s1. The molecule has 3 aliphatic rings. The van der Waals surface area contributed by atoms with Gasteiger partial charge in [0.05, 0.1) is 36.8 Å². The van der Waals surface area contributed by atoms with E-state index in [9.17, 15) is 13.6 Å². The first-order valence-corrected chi connectivity index (χ1v) is 13.4. The quantitative estimate of drug-likeness (QED) is 0.442. The van der Waals surface area contributed by atoms with E-state index in [1.165, 1.54) is 46.7 Å². The molecular formula is C30H32F2N4O2. The maximum atomic E-state index is 13.7. The topological polar surface area (TPSA) is 59.4 Å². The number of nitrogens with one attached hydrogen (secondary N) is 1. The van der Waals surface area contributed by atoms with E-state index in [4.69, 9.17) is 4.74 Å². The number of halogens is 2. The highest BCUT2D eigenvalue weighted by Crippen LogP contribution is 2.49. The van der Waals surface area contributed by atoms with Gasteiger partial charge in [-0.05, 0) is 67.1 Å². The molecule has 1 unspecified atom stereocenters. The van der Waals surface area contributed by atoms with Gasteiger partial charge in [0.2, 0.25) is 0 Å². The van der Waals surface area contributed by atoms with Crippen molar-refractivity contribution in [2.75, 3.05) is 26.3 Å². The van der Waals surface area contributed by atoms with E-state index in [-0.39, 0.29) is 29.6 Å². The summed E-state index contributed by atoms with van der Waals surface area (Å²) in [4.78, 5) is 14.9. The van der Waals surface area contributed by atoms with Crippen LogP contribution in [0.15, 0.2) is 65.9 Å². The normalized spacial score (nSPS) is 21.7. The predicted molar refractivity (Wildman–Crippen MR) is 140 cm³/mol. The van der Waals surface area contributed by atoms with E-state index < -0.39 is 0 Å². The number of rotatable bonds is 5. The number of amides is 2. The lowest BCUT2D eigenvalue weighted by Crippen LogP contribution is -2.47. The van der Waals surface area contributed by atoms with E-state index in [1.807, 2.05) is 10.9 Å². The summed E-state index contributed by atoms with van der Waals surface area (Å²) in [6.45, 7) is 4.45. The summed E-state index contributed by atoms with van der Waals surface area (Å²) in [6, 6.07) is 12.6. The van der Waals surface area contributed by atoms with Crippen LogP contribution in [-0.2, 0) is 11.2 Å². The molecule has 8 heteroatoms. The molecule has 0 saturated carbocycles. The molecule has 0 bridgehead atoms. The molecule has 1 aliphatic heterocycles. The van der Waals surface area contributed by atoms with Gasteiger partial charge in [-0.15, -0.1) is 0 Å². The van der Waals surface area contributed by atoms with Crippen LogP contribution < -0.4 is 5.32 Å². The number of fused-ring (bicyclic) bond motifs is 1. The van der Waals surface area contributed by atoms with Gasteiger partial charge in [-0.2, -0.15) is 5.10 Å². The highest BCUT2D eigenvalue weighted by Gasteiger charge is 2.37. The van der Waals surface area contributed by atoms with E-state index in [1.54, 1.807) is 29.2 Å². The molecule has 1 fully saturated rings. The van der Waals surface area contributed by atoms with Crippen molar-refractivity contribution in [3.8, 4) is 5.69 Å². The van der Waals surface area contributed by atoms with Gasteiger partial charge in [-0.1, -0.05) is 30.2 Å². The molecule has 1 N–H and O–H groups in total. The summed E-state index contributed by atoms with van der Waals surface area (Å²) in [5, 5.41) is 7.92. The Morgan fingerprint density at radius 3 is 2.47 bits per heavy atom. The van der Waals surface area contributed by atoms with Crippen molar-refractivity contribution in [1.29, 1.82) is 0 Å². The summed E-state index contributed by atoms with van der Waals surface area (Å²) in [5.74, 6) is -0.0331. The molecule has 6 nitrogen and oxygen atoms in total. The van der Waals surface area contributed by atoms with Crippen molar-refractivity contribution in [3.63, 3.8) is 0 Å². The molecule has 1 aromatic heterocycles. The number of benzene rings is 2. The first-order chi connectivity index (χ1) is 18.5. The van der Waals surface area contributed by atoms with Crippen molar-refractivity contribution in [3.05, 3.63) is 94.3 Å². The van der Waals surface area contributed by atoms with Gasteiger partial charge in [0.1, 0.15) is 11.6 Å². The Morgan fingerprint density at radius 2 is 1.76 bits per heavy atom. The second kappa shape index (κ2) is 10.3. The monoisotopic (exact) mass is 518 g/mol. The lowest BCUT2D eigenvalue weighted by atomic mass is 9.78. The van der Waals surface area contributed by atoms with Gasteiger partial charge >= 0.3 is 6.03 Å². The number of hydrogen-bond donors (Lipinski definition) is 1. The van der Waals surface area contributed by atoms with Gasteiger partial charge in [-0.3, -0.25) is 0 Å². The van der Waals surface area contributed by atoms with E-state index in [0.717, 1.165) is 36.9 Å². The highest BCUT2D eigenvalue weighted by atomic mass is 19.1. The van der Waals surface area contributed by atoms with Gasteiger partial charge in [-0.25, -0.2) is 18.3 Å². The molecule has 2 aliphatic carbocycles. The number of aromatic nitrogens is 2. The summed E-state index contributed by atoms with van der Waals surface area (Å²) in [6.07, 6.45) is 5.55. The lowest BCUT2D eigenvalue weighted by Gasteiger charge is -2.32. The van der Waals surface area contributed by atoms with Crippen LogP contribution in [0.3, 0.4) is 0 Å². The Kier molecular flexibility index (Phi) is 6.74. The Labute approximate surface area is 221 Å². The van der Waals surface area contributed by atoms with Gasteiger partial charge in [0, 0.05) is 31.0 Å². The van der Waals surface area contributed by atoms with E-state index >= 15 is 0 Å². The van der Waals surface area contributed by atoms with Crippen LogP contribution in [-0.4, -0.2) is 47.0 Å². The zero-order valence-corrected chi connectivity index (χ0v) is 21.5. The molecule has 0 spiro atoms. The number of morpholine rings is 1. The average molecular weight is 519 g/mol. The molecule has 0 radical (unpaired) electrons. The summed E-state index contributed by atoms with van der Waals surface area (Å²) in [7, 11) is 0. The third-order valence-corrected chi connectivity index (χ3v) is 8.32. The fourth-order valence-electron chi connectivity index (χ4n) is 6.40. The van der Waals surface area contributed by atoms with Crippen LogP contribution in [0.5, 0.6) is 0 Å². The number of urea groups is 1. The molecule has 2 heterocycles. The zero-order chi connectivity index (χ0) is 26.2. The molecule has 3 atom stereocenters. The lowest BCUT2D eigenvalue weighted by molar-refractivity contribution is 0.0523. The second-order valence-electron chi connectivity index (χ2n) is 10.5. The molecule has 3 aromatic rings. The Hall–Kier alpha value is -3.52. The van der Waals surface area contributed by atoms with Crippen LogP contribution >= 0.6 is 0 Å². The molecule has 38 heavy (non-hydrogen) atoms. The molecule has 1 saturated heterocycles. The van der Waals surface area contributed by atoms with Crippen molar-refractivity contribution < 1.29 is 18.3 Å². The number of carbonyl (C=O) groups is 1. The summed E-state index contributed by atoms with van der Waals surface area (Å²) < 4.78 is 34.6. The highest BCUT2D eigenvalue weighted by molar-refractivity contribution is 5.74. The largest absolute Gasteiger partial charge is 0.378 e. The van der Waals surface area contributed by atoms with E-state index in [0.29, 0.717) is 32.2 Å². The number of nitrogens with zero attached hydrogens (tertiary/aromatic N) is 3.